The summed E-state index contributed by atoms with van der Waals surface area (Å²) in [7, 11) is 0. The second kappa shape index (κ2) is 3.18. The van der Waals surface area contributed by atoms with Gasteiger partial charge >= 0.3 is 0 Å². The van der Waals surface area contributed by atoms with Crippen molar-refractivity contribution in [2.45, 2.75) is 12.3 Å². The van der Waals surface area contributed by atoms with Gasteiger partial charge in [-0.3, -0.25) is 4.79 Å². The molecule has 3 heteroatoms. The number of carbonyl (C=O) groups is 1. The Morgan fingerprint density at radius 3 is 2.92 bits per heavy atom. The first kappa shape index (κ1) is 8.26. The second-order valence-electron chi connectivity index (χ2n) is 3.45. The molecule has 0 aromatic heterocycles. The Morgan fingerprint density at radius 2 is 2.31 bits per heavy atom. The van der Waals surface area contributed by atoms with Gasteiger partial charge < -0.3 is 11.1 Å². The molecule has 68 valence electrons. The van der Waals surface area contributed by atoms with E-state index in [1.807, 2.05) is 18.2 Å². The van der Waals surface area contributed by atoms with E-state index < -0.39 is 0 Å². The van der Waals surface area contributed by atoms with Gasteiger partial charge in [0.25, 0.3) is 0 Å². The standard InChI is InChI=1S/C10H12N2O/c11-9-3-1-2-7(4-9)8-5-10(13)12-6-8/h1-4,8H,5-6,11H2,(H,12,13)/p+1. The molecule has 1 heterocycles. The van der Waals surface area contributed by atoms with Crippen molar-refractivity contribution in [1.29, 1.82) is 0 Å². The molecule has 13 heavy (non-hydrogen) atoms. The molecule has 1 saturated heterocycles. The van der Waals surface area contributed by atoms with Gasteiger partial charge in [0.1, 0.15) is 5.69 Å². The van der Waals surface area contributed by atoms with Gasteiger partial charge in [-0.15, -0.1) is 0 Å². The van der Waals surface area contributed by atoms with Crippen LogP contribution in [-0.2, 0) is 4.79 Å². The van der Waals surface area contributed by atoms with Crippen LogP contribution in [0.3, 0.4) is 0 Å². The van der Waals surface area contributed by atoms with E-state index >= 15 is 0 Å². The maximum Gasteiger partial charge on any atom is 0.220 e. The number of rotatable bonds is 1. The Morgan fingerprint density at radius 1 is 1.46 bits per heavy atom. The minimum atomic E-state index is 0.152. The summed E-state index contributed by atoms with van der Waals surface area (Å²) >= 11 is 0. The third kappa shape index (κ3) is 1.70. The van der Waals surface area contributed by atoms with Crippen LogP contribution in [0, 0.1) is 0 Å². The first-order valence-electron chi connectivity index (χ1n) is 4.44. The van der Waals surface area contributed by atoms with E-state index in [-0.39, 0.29) is 5.91 Å². The molecule has 0 bridgehead atoms. The number of amides is 1. The summed E-state index contributed by atoms with van der Waals surface area (Å²) in [6.45, 7) is 0.766. The van der Waals surface area contributed by atoms with Crippen LogP contribution in [0.25, 0.3) is 0 Å². The molecule has 3 nitrogen and oxygen atoms in total. The lowest BCUT2D eigenvalue weighted by molar-refractivity contribution is -0.254. The van der Waals surface area contributed by atoms with E-state index in [1.165, 1.54) is 5.56 Å². The van der Waals surface area contributed by atoms with Crippen LogP contribution in [-0.4, -0.2) is 12.5 Å². The minimum Gasteiger partial charge on any atom is -0.355 e. The zero-order valence-electron chi connectivity index (χ0n) is 7.42. The topological polar surface area (TPSA) is 56.7 Å². The van der Waals surface area contributed by atoms with Crippen molar-refractivity contribution in [2.75, 3.05) is 6.54 Å². The highest BCUT2D eigenvalue weighted by Crippen LogP contribution is 2.23. The molecule has 1 aliphatic heterocycles. The summed E-state index contributed by atoms with van der Waals surface area (Å²) in [6.07, 6.45) is 0.615. The van der Waals surface area contributed by atoms with Gasteiger partial charge in [0.15, 0.2) is 0 Å². The molecule has 1 aromatic carbocycles. The highest BCUT2D eigenvalue weighted by molar-refractivity contribution is 5.79. The number of benzene rings is 1. The second-order valence-corrected chi connectivity index (χ2v) is 3.45. The van der Waals surface area contributed by atoms with Gasteiger partial charge in [-0.25, -0.2) is 0 Å². The van der Waals surface area contributed by atoms with Crippen molar-refractivity contribution in [2.24, 2.45) is 0 Å². The fraction of sp³-hybridized carbons (Fsp3) is 0.300. The number of carbonyl (C=O) groups excluding carboxylic acids is 1. The van der Waals surface area contributed by atoms with Crippen molar-refractivity contribution < 1.29 is 10.5 Å². The highest BCUT2D eigenvalue weighted by atomic mass is 16.1. The predicted octanol–water partition coefficient (Wildman–Crippen LogP) is 0.163. The first-order chi connectivity index (χ1) is 6.25. The zero-order valence-corrected chi connectivity index (χ0v) is 7.42. The molecule has 0 radical (unpaired) electrons. The van der Waals surface area contributed by atoms with Gasteiger partial charge in [-0.2, -0.15) is 0 Å². The van der Waals surface area contributed by atoms with E-state index in [0.717, 1.165) is 12.2 Å². The minimum absolute atomic E-state index is 0.152. The summed E-state index contributed by atoms with van der Waals surface area (Å²) in [6, 6.07) is 8.05. The van der Waals surface area contributed by atoms with Crippen molar-refractivity contribution in [3.05, 3.63) is 29.8 Å². The molecule has 0 saturated carbocycles. The van der Waals surface area contributed by atoms with Gasteiger partial charge in [0.2, 0.25) is 5.91 Å². The molecule has 0 aliphatic carbocycles. The Labute approximate surface area is 76.9 Å². The molecule has 0 spiro atoms. The van der Waals surface area contributed by atoms with Crippen LogP contribution in [0.1, 0.15) is 17.9 Å². The van der Waals surface area contributed by atoms with E-state index in [9.17, 15) is 4.79 Å². The molecule has 1 aliphatic rings. The van der Waals surface area contributed by atoms with Gasteiger partial charge in [0.05, 0.1) is 0 Å². The molecule has 2 rings (SSSR count). The predicted molar refractivity (Wildman–Crippen MR) is 49.4 cm³/mol. The molecule has 1 amide bonds. The van der Waals surface area contributed by atoms with E-state index in [2.05, 4.69) is 17.1 Å². The number of hydrogen-bond donors (Lipinski definition) is 2. The van der Waals surface area contributed by atoms with Crippen molar-refractivity contribution in [1.82, 2.24) is 5.32 Å². The highest BCUT2D eigenvalue weighted by Gasteiger charge is 2.22. The van der Waals surface area contributed by atoms with Crippen LogP contribution in [0.2, 0.25) is 0 Å². The molecule has 1 atom stereocenters. The quantitative estimate of drug-likeness (QED) is 0.631. The van der Waals surface area contributed by atoms with E-state index in [4.69, 9.17) is 0 Å². The molecule has 1 aromatic rings. The molecule has 1 fully saturated rings. The Bertz CT molecular complexity index is 335. The number of nitrogens with one attached hydrogen (secondary N) is 1. The lowest BCUT2D eigenvalue weighted by Crippen LogP contribution is -2.40. The largest absolute Gasteiger partial charge is 0.355 e. The summed E-state index contributed by atoms with van der Waals surface area (Å²) in [5.74, 6) is 0.494. The Kier molecular flexibility index (Phi) is 2.02. The van der Waals surface area contributed by atoms with E-state index in [1.54, 1.807) is 0 Å². The fourth-order valence-corrected chi connectivity index (χ4v) is 1.69. The number of hydrogen-bond acceptors (Lipinski definition) is 1. The van der Waals surface area contributed by atoms with E-state index in [0.29, 0.717) is 12.3 Å². The maximum absolute atomic E-state index is 11.0. The lowest BCUT2D eigenvalue weighted by Gasteiger charge is -2.06. The van der Waals surface area contributed by atoms with Gasteiger partial charge in [-0.1, -0.05) is 12.1 Å². The third-order valence-electron chi connectivity index (χ3n) is 2.40. The first-order valence-corrected chi connectivity index (χ1v) is 4.44. The van der Waals surface area contributed by atoms with Crippen LogP contribution < -0.4 is 11.1 Å². The van der Waals surface area contributed by atoms with Crippen LogP contribution in [0.15, 0.2) is 24.3 Å². The summed E-state index contributed by atoms with van der Waals surface area (Å²) in [5, 5.41) is 2.83. The van der Waals surface area contributed by atoms with Crippen molar-refractivity contribution in [3.8, 4) is 0 Å². The van der Waals surface area contributed by atoms with Crippen molar-refractivity contribution >= 4 is 11.6 Å². The van der Waals surface area contributed by atoms with Crippen LogP contribution >= 0.6 is 0 Å². The fourth-order valence-electron chi connectivity index (χ4n) is 1.69. The van der Waals surface area contributed by atoms with Gasteiger partial charge in [-0.05, 0) is 11.6 Å². The van der Waals surface area contributed by atoms with Crippen LogP contribution in [0.4, 0.5) is 5.69 Å². The molecular formula is C10H13N2O+. The van der Waals surface area contributed by atoms with Crippen molar-refractivity contribution in [3.63, 3.8) is 0 Å². The maximum atomic E-state index is 11.0. The smallest absolute Gasteiger partial charge is 0.220 e. The normalized spacial score (nSPS) is 21.6. The Hall–Kier alpha value is -1.35. The SMILES string of the molecule is [NH3+]c1cccc(C2CNC(=O)C2)c1. The summed E-state index contributed by atoms with van der Waals surface area (Å²) in [4.78, 5) is 11.0. The molecule has 4 N–H and O–H groups in total. The summed E-state index contributed by atoms with van der Waals surface area (Å²) in [5.41, 5.74) is 6.09. The third-order valence-corrected chi connectivity index (χ3v) is 2.40. The monoisotopic (exact) mass is 177 g/mol. The zero-order chi connectivity index (χ0) is 9.26. The average molecular weight is 177 g/mol. The Balaban J connectivity index is 2.21. The molecule has 1 unspecified atom stereocenters. The average Bonchev–Trinajstić information content (AvgIpc) is 2.52. The summed E-state index contributed by atoms with van der Waals surface area (Å²) < 4.78 is 0. The number of quaternary nitrogens is 1. The molecular weight excluding hydrogens is 164 g/mol. The van der Waals surface area contributed by atoms with Crippen LogP contribution in [0.5, 0.6) is 0 Å². The van der Waals surface area contributed by atoms with Gasteiger partial charge in [0, 0.05) is 24.9 Å². The lowest BCUT2D eigenvalue weighted by atomic mass is 9.98.